The molecular weight excluding hydrogens is 390 g/mol. The SMILES string of the molecule is O=C(Nc1nc(-c2cccc(Br)c2)cs1)C1CC(=O)N(C2CC2)C1. The van der Waals surface area contributed by atoms with Gasteiger partial charge in [0.15, 0.2) is 5.13 Å². The molecule has 0 bridgehead atoms. The van der Waals surface area contributed by atoms with Crippen molar-refractivity contribution in [1.82, 2.24) is 9.88 Å². The molecule has 0 spiro atoms. The Morgan fingerprint density at radius 1 is 1.38 bits per heavy atom. The number of hydrogen-bond donors (Lipinski definition) is 1. The second-order valence-corrected chi connectivity index (χ2v) is 7.99. The van der Waals surface area contributed by atoms with Crippen LogP contribution >= 0.6 is 27.3 Å². The number of hydrogen-bond acceptors (Lipinski definition) is 4. The molecule has 1 saturated carbocycles. The molecule has 2 heterocycles. The summed E-state index contributed by atoms with van der Waals surface area (Å²) >= 11 is 4.85. The van der Waals surface area contributed by atoms with Gasteiger partial charge >= 0.3 is 0 Å². The number of nitrogens with zero attached hydrogens (tertiary/aromatic N) is 2. The fourth-order valence-electron chi connectivity index (χ4n) is 2.97. The van der Waals surface area contributed by atoms with Gasteiger partial charge in [-0.15, -0.1) is 11.3 Å². The molecule has 124 valence electrons. The van der Waals surface area contributed by atoms with Crippen LogP contribution in [0.1, 0.15) is 19.3 Å². The first-order valence-corrected chi connectivity index (χ1v) is 9.59. The number of nitrogens with one attached hydrogen (secondary N) is 1. The maximum absolute atomic E-state index is 12.4. The van der Waals surface area contributed by atoms with E-state index in [1.165, 1.54) is 11.3 Å². The number of anilines is 1. The predicted molar refractivity (Wildman–Crippen MR) is 96.7 cm³/mol. The number of benzene rings is 1. The van der Waals surface area contributed by atoms with Crippen molar-refractivity contribution in [3.05, 3.63) is 34.1 Å². The van der Waals surface area contributed by atoms with E-state index in [1.54, 1.807) is 0 Å². The Labute approximate surface area is 152 Å². The van der Waals surface area contributed by atoms with Gasteiger partial charge in [-0.05, 0) is 25.0 Å². The molecule has 2 amide bonds. The molecular formula is C17H16BrN3O2S. The lowest BCUT2D eigenvalue weighted by Crippen LogP contribution is -2.29. The van der Waals surface area contributed by atoms with Crippen molar-refractivity contribution in [2.75, 3.05) is 11.9 Å². The molecule has 2 fully saturated rings. The molecule has 1 unspecified atom stereocenters. The Hall–Kier alpha value is -1.73. The fourth-order valence-corrected chi connectivity index (χ4v) is 4.09. The molecule has 1 aliphatic heterocycles. The summed E-state index contributed by atoms with van der Waals surface area (Å²) in [6.07, 6.45) is 2.46. The molecule has 1 aromatic heterocycles. The highest BCUT2D eigenvalue weighted by Crippen LogP contribution is 2.33. The molecule has 1 atom stereocenters. The zero-order valence-corrected chi connectivity index (χ0v) is 15.3. The van der Waals surface area contributed by atoms with Crippen LogP contribution < -0.4 is 5.32 Å². The van der Waals surface area contributed by atoms with Gasteiger partial charge in [-0.1, -0.05) is 28.1 Å². The summed E-state index contributed by atoms with van der Waals surface area (Å²) in [6, 6.07) is 8.26. The number of rotatable bonds is 4. The third-order valence-electron chi connectivity index (χ3n) is 4.37. The summed E-state index contributed by atoms with van der Waals surface area (Å²) in [4.78, 5) is 30.7. The fraction of sp³-hybridized carbons (Fsp3) is 0.353. The standard InChI is InChI=1S/C17H16BrN3O2S/c18-12-3-1-2-10(6-12)14-9-24-17(19-14)20-16(23)11-7-15(22)21(8-11)13-4-5-13/h1-3,6,9,11,13H,4-5,7-8H2,(H,19,20,23). The lowest BCUT2D eigenvalue weighted by atomic mass is 10.1. The van der Waals surface area contributed by atoms with Gasteiger partial charge in [-0.3, -0.25) is 9.59 Å². The predicted octanol–water partition coefficient (Wildman–Crippen LogP) is 3.52. The van der Waals surface area contributed by atoms with E-state index in [4.69, 9.17) is 0 Å². The average Bonchev–Trinajstić information content (AvgIpc) is 3.16. The Bertz CT molecular complexity index is 803. The lowest BCUT2D eigenvalue weighted by Gasteiger charge is -2.14. The minimum absolute atomic E-state index is 0.103. The third kappa shape index (κ3) is 3.23. The van der Waals surface area contributed by atoms with Crippen LogP contribution in [0, 0.1) is 5.92 Å². The van der Waals surface area contributed by atoms with E-state index in [9.17, 15) is 9.59 Å². The van der Waals surface area contributed by atoms with Gasteiger partial charge in [0, 0.05) is 34.4 Å². The maximum atomic E-state index is 12.4. The molecule has 5 nitrogen and oxygen atoms in total. The van der Waals surface area contributed by atoms with Crippen LogP contribution in [-0.4, -0.2) is 34.3 Å². The van der Waals surface area contributed by atoms with Crippen LogP contribution in [0.15, 0.2) is 34.1 Å². The van der Waals surface area contributed by atoms with Crippen molar-refractivity contribution >= 4 is 44.2 Å². The summed E-state index contributed by atoms with van der Waals surface area (Å²) < 4.78 is 0.989. The van der Waals surface area contributed by atoms with Crippen LogP contribution in [0.5, 0.6) is 0 Å². The first-order chi connectivity index (χ1) is 11.6. The maximum Gasteiger partial charge on any atom is 0.231 e. The molecule has 1 aliphatic carbocycles. The van der Waals surface area contributed by atoms with Gasteiger partial charge in [0.05, 0.1) is 11.6 Å². The van der Waals surface area contributed by atoms with Crippen molar-refractivity contribution in [1.29, 1.82) is 0 Å². The summed E-state index contributed by atoms with van der Waals surface area (Å²) in [6.45, 7) is 0.541. The third-order valence-corrected chi connectivity index (χ3v) is 5.62. The zero-order chi connectivity index (χ0) is 16.7. The molecule has 24 heavy (non-hydrogen) atoms. The van der Waals surface area contributed by atoms with E-state index in [1.807, 2.05) is 34.5 Å². The van der Waals surface area contributed by atoms with Crippen molar-refractivity contribution in [3.63, 3.8) is 0 Å². The Morgan fingerprint density at radius 2 is 2.21 bits per heavy atom. The number of thiazole rings is 1. The first-order valence-electron chi connectivity index (χ1n) is 7.92. The van der Waals surface area contributed by atoms with Crippen LogP contribution in [0.3, 0.4) is 0 Å². The van der Waals surface area contributed by atoms with Crippen LogP contribution in [0.2, 0.25) is 0 Å². The normalized spacial score (nSPS) is 20.5. The molecule has 0 radical (unpaired) electrons. The molecule has 1 saturated heterocycles. The molecule has 1 N–H and O–H groups in total. The largest absolute Gasteiger partial charge is 0.339 e. The number of carbonyl (C=O) groups is 2. The smallest absolute Gasteiger partial charge is 0.231 e. The molecule has 4 rings (SSSR count). The van der Waals surface area contributed by atoms with Crippen molar-refractivity contribution < 1.29 is 9.59 Å². The second-order valence-electron chi connectivity index (χ2n) is 6.22. The minimum atomic E-state index is -0.267. The van der Waals surface area contributed by atoms with Crippen molar-refractivity contribution in [2.24, 2.45) is 5.92 Å². The van der Waals surface area contributed by atoms with Crippen LogP contribution in [0.25, 0.3) is 11.3 Å². The van der Waals surface area contributed by atoms with Gasteiger partial charge in [-0.25, -0.2) is 4.98 Å². The van der Waals surface area contributed by atoms with E-state index < -0.39 is 0 Å². The number of carbonyl (C=O) groups excluding carboxylic acids is 2. The summed E-state index contributed by atoms with van der Waals surface area (Å²) in [5, 5.41) is 5.37. The van der Waals surface area contributed by atoms with Crippen LogP contribution in [0.4, 0.5) is 5.13 Å². The van der Waals surface area contributed by atoms with E-state index in [0.717, 1.165) is 28.6 Å². The average molecular weight is 406 g/mol. The minimum Gasteiger partial charge on any atom is -0.339 e. The van der Waals surface area contributed by atoms with Gasteiger partial charge in [-0.2, -0.15) is 0 Å². The number of likely N-dealkylation sites (tertiary alicyclic amines) is 1. The van der Waals surface area contributed by atoms with Crippen LogP contribution in [-0.2, 0) is 9.59 Å². The van der Waals surface area contributed by atoms with E-state index in [2.05, 4.69) is 26.2 Å². The molecule has 2 aliphatic rings. The number of halogens is 1. The summed E-state index contributed by atoms with van der Waals surface area (Å²) in [5.41, 5.74) is 1.83. The Morgan fingerprint density at radius 3 is 2.96 bits per heavy atom. The van der Waals surface area contributed by atoms with E-state index >= 15 is 0 Å². The van der Waals surface area contributed by atoms with Gasteiger partial charge in [0.25, 0.3) is 0 Å². The topological polar surface area (TPSA) is 62.3 Å². The molecule has 2 aromatic rings. The monoisotopic (exact) mass is 405 g/mol. The van der Waals surface area contributed by atoms with Crippen molar-refractivity contribution in [2.45, 2.75) is 25.3 Å². The lowest BCUT2D eigenvalue weighted by molar-refractivity contribution is -0.128. The van der Waals surface area contributed by atoms with Gasteiger partial charge < -0.3 is 10.2 Å². The van der Waals surface area contributed by atoms with Gasteiger partial charge in [0.2, 0.25) is 11.8 Å². The number of aromatic nitrogens is 1. The number of amides is 2. The molecule has 7 heteroatoms. The van der Waals surface area contributed by atoms with E-state index in [0.29, 0.717) is 24.1 Å². The Balaban J connectivity index is 1.42. The first kappa shape index (κ1) is 15.8. The zero-order valence-electron chi connectivity index (χ0n) is 12.9. The summed E-state index contributed by atoms with van der Waals surface area (Å²) in [5.74, 6) is -0.274. The highest BCUT2D eigenvalue weighted by Gasteiger charge is 2.41. The highest BCUT2D eigenvalue weighted by molar-refractivity contribution is 9.10. The molecule has 1 aromatic carbocycles. The Kier molecular flexibility index (Phi) is 4.14. The quantitative estimate of drug-likeness (QED) is 0.845. The van der Waals surface area contributed by atoms with Gasteiger partial charge in [0.1, 0.15) is 0 Å². The summed E-state index contributed by atoms with van der Waals surface area (Å²) in [7, 11) is 0. The second kappa shape index (κ2) is 6.29. The van der Waals surface area contributed by atoms with Crippen molar-refractivity contribution in [3.8, 4) is 11.3 Å². The highest BCUT2D eigenvalue weighted by atomic mass is 79.9. The van der Waals surface area contributed by atoms with E-state index in [-0.39, 0.29) is 17.7 Å².